The monoisotopic (exact) mass is 270 g/mol. The lowest BCUT2D eigenvalue weighted by atomic mass is 10.0. The van der Waals surface area contributed by atoms with E-state index in [4.69, 9.17) is 21.8 Å². The fraction of sp³-hybridized carbons (Fsp3) is 0.500. The minimum atomic E-state index is -1.05. The zero-order chi connectivity index (χ0) is 13.2. The van der Waals surface area contributed by atoms with Crippen molar-refractivity contribution in [1.29, 1.82) is 0 Å². The van der Waals surface area contributed by atoms with Gasteiger partial charge in [0.05, 0.1) is 10.6 Å². The first-order valence-corrected chi connectivity index (χ1v) is 6.18. The van der Waals surface area contributed by atoms with E-state index >= 15 is 0 Å². The SMILES string of the molecule is O=C(O)c1cnc(NCC2(CCO)CC2)c(Cl)c1. The highest BCUT2D eigenvalue weighted by atomic mass is 35.5. The number of carboxylic acid groups (broad SMARTS) is 1. The van der Waals surface area contributed by atoms with E-state index < -0.39 is 5.97 Å². The van der Waals surface area contributed by atoms with Gasteiger partial charge in [0, 0.05) is 19.3 Å². The van der Waals surface area contributed by atoms with Crippen LogP contribution in [0.2, 0.25) is 5.02 Å². The summed E-state index contributed by atoms with van der Waals surface area (Å²) < 4.78 is 0. The normalized spacial score (nSPS) is 16.3. The van der Waals surface area contributed by atoms with Crippen LogP contribution in [-0.4, -0.2) is 34.3 Å². The quantitative estimate of drug-likeness (QED) is 0.737. The molecular formula is C12H15ClN2O3. The number of pyridine rings is 1. The first kappa shape index (κ1) is 13.1. The van der Waals surface area contributed by atoms with Gasteiger partial charge in [-0.2, -0.15) is 0 Å². The number of hydrogen-bond donors (Lipinski definition) is 3. The van der Waals surface area contributed by atoms with Crippen LogP contribution in [-0.2, 0) is 0 Å². The third-order valence-electron chi connectivity index (χ3n) is 3.32. The molecule has 0 aromatic carbocycles. The fourth-order valence-corrected chi connectivity index (χ4v) is 2.12. The first-order chi connectivity index (χ1) is 8.56. The maximum absolute atomic E-state index is 10.7. The third kappa shape index (κ3) is 2.91. The Balaban J connectivity index is 2.00. The predicted octanol–water partition coefficient (Wildman–Crippen LogP) is 2.01. The van der Waals surface area contributed by atoms with Gasteiger partial charge in [0.15, 0.2) is 0 Å². The van der Waals surface area contributed by atoms with Crippen molar-refractivity contribution in [2.24, 2.45) is 5.41 Å². The van der Waals surface area contributed by atoms with Crippen molar-refractivity contribution < 1.29 is 15.0 Å². The van der Waals surface area contributed by atoms with E-state index in [1.807, 2.05) is 0 Å². The largest absolute Gasteiger partial charge is 0.478 e. The van der Waals surface area contributed by atoms with Crippen molar-refractivity contribution in [2.75, 3.05) is 18.5 Å². The van der Waals surface area contributed by atoms with Gasteiger partial charge < -0.3 is 15.5 Å². The standard InChI is InChI=1S/C12H15ClN2O3/c13-9-5-8(11(17)18)6-14-10(9)15-7-12(1-2-12)3-4-16/h5-6,16H,1-4,7H2,(H,14,15)(H,17,18). The predicted molar refractivity (Wildman–Crippen MR) is 68.1 cm³/mol. The lowest BCUT2D eigenvalue weighted by Gasteiger charge is -2.15. The van der Waals surface area contributed by atoms with Crippen LogP contribution < -0.4 is 5.32 Å². The van der Waals surface area contributed by atoms with E-state index in [1.165, 1.54) is 12.3 Å². The lowest BCUT2D eigenvalue weighted by Crippen LogP contribution is -2.17. The van der Waals surface area contributed by atoms with Crippen molar-refractivity contribution in [3.05, 3.63) is 22.8 Å². The summed E-state index contributed by atoms with van der Waals surface area (Å²) in [7, 11) is 0. The molecule has 0 bridgehead atoms. The molecule has 0 radical (unpaired) electrons. The molecule has 1 saturated carbocycles. The van der Waals surface area contributed by atoms with E-state index in [0.29, 0.717) is 17.4 Å². The molecule has 0 spiro atoms. The van der Waals surface area contributed by atoms with Gasteiger partial charge in [0.25, 0.3) is 0 Å². The molecule has 6 heteroatoms. The zero-order valence-electron chi connectivity index (χ0n) is 9.82. The molecule has 1 aliphatic rings. The second-order valence-corrected chi connectivity index (χ2v) is 5.09. The molecule has 98 valence electrons. The van der Waals surface area contributed by atoms with Gasteiger partial charge in [-0.05, 0) is 30.7 Å². The summed E-state index contributed by atoms with van der Waals surface area (Å²) in [5.74, 6) is -0.555. The number of halogens is 1. The maximum Gasteiger partial charge on any atom is 0.337 e. The van der Waals surface area contributed by atoms with E-state index in [1.54, 1.807) is 0 Å². The fourth-order valence-electron chi connectivity index (χ4n) is 1.89. The average molecular weight is 271 g/mol. The summed E-state index contributed by atoms with van der Waals surface area (Å²) in [6.45, 7) is 0.882. The van der Waals surface area contributed by atoms with Crippen molar-refractivity contribution in [3.8, 4) is 0 Å². The van der Waals surface area contributed by atoms with E-state index in [-0.39, 0.29) is 17.6 Å². The number of rotatable bonds is 6. The molecule has 0 saturated heterocycles. The van der Waals surface area contributed by atoms with E-state index in [2.05, 4.69) is 10.3 Å². The minimum absolute atomic E-state index is 0.0713. The van der Waals surface area contributed by atoms with Crippen LogP contribution in [0.3, 0.4) is 0 Å². The smallest absolute Gasteiger partial charge is 0.337 e. The summed E-state index contributed by atoms with van der Waals surface area (Å²) in [5.41, 5.74) is 0.229. The highest BCUT2D eigenvalue weighted by molar-refractivity contribution is 6.33. The molecule has 1 aromatic heterocycles. The maximum atomic E-state index is 10.7. The second kappa shape index (κ2) is 5.12. The van der Waals surface area contributed by atoms with Crippen molar-refractivity contribution in [3.63, 3.8) is 0 Å². The third-order valence-corrected chi connectivity index (χ3v) is 3.61. The van der Waals surface area contributed by atoms with Crippen LogP contribution in [0.25, 0.3) is 0 Å². The van der Waals surface area contributed by atoms with Crippen molar-refractivity contribution in [2.45, 2.75) is 19.3 Å². The number of aliphatic hydroxyl groups excluding tert-OH is 1. The van der Waals surface area contributed by atoms with Crippen LogP contribution in [0.15, 0.2) is 12.3 Å². The molecule has 1 heterocycles. The Labute approximate surface area is 110 Å². The summed E-state index contributed by atoms with van der Waals surface area (Å²) in [5, 5.41) is 21.2. The number of aliphatic hydroxyl groups is 1. The van der Waals surface area contributed by atoms with Gasteiger partial charge in [-0.1, -0.05) is 11.6 Å². The zero-order valence-corrected chi connectivity index (χ0v) is 10.6. The van der Waals surface area contributed by atoms with Crippen LogP contribution in [0, 0.1) is 5.41 Å². The highest BCUT2D eigenvalue weighted by Gasteiger charge is 2.41. The second-order valence-electron chi connectivity index (χ2n) is 4.69. The molecule has 1 aliphatic carbocycles. The minimum Gasteiger partial charge on any atom is -0.478 e. The van der Waals surface area contributed by atoms with Crippen molar-refractivity contribution >= 4 is 23.4 Å². The molecule has 0 unspecified atom stereocenters. The molecule has 0 atom stereocenters. The molecule has 18 heavy (non-hydrogen) atoms. The molecule has 1 fully saturated rings. The van der Waals surface area contributed by atoms with Crippen LogP contribution >= 0.6 is 11.6 Å². The number of carbonyl (C=O) groups is 1. The summed E-state index contributed by atoms with van der Waals surface area (Å²) >= 11 is 5.96. The number of carboxylic acids is 1. The number of aromatic carboxylic acids is 1. The summed E-state index contributed by atoms with van der Waals surface area (Å²) in [6, 6.07) is 1.38. The Hall–Kier alpha value is -1.33. The van der Waals surface area contributed by atoms with E-state index in [9.17, 15) is 4.79 Å². The first-order valence-electron chi connectivity index (χ1n) is 5.80. The molecular weight excluding hydrogens is 256 g/mol. The van der Waals surface area contributed by atoms with Gasteiger partial charge in [0.1, 0.15) is 5.82 Å². The van der Waals surface area contributed by atoms with Gasteiger partial charge >= 0.3 is 5.97 Å². The van der Waals surface area contributed by atoms with Gasteiger partial charge in [-0.3, -0.25) is 0 Å². The molecule has 5 nitrogen and oxygen atoms in total. The number of aromatic nitrogens is 1. The highest BCUT2D eigenvalue weighted by Crippen LogP contribution is 2.48. The van der Waals surface area contributed by atoms with Crippen LogP contribution in [0.5, 0.6) is 0 Å². The topological polar surface area (TPSA) is 82.5 Å². The van der Waals surface area contributed by atoms with Crippen molar-refractivity contribution in [1.82, 2.24) is 4.98 Å². The molecule has 0 amide bonds. The van der Waals surface area contributed by atoms with Gasteiger partial charge in [0.2, 0.25) is 0 Å². The number of nitrogens with zero attached hydrogens (tertiary/aromatic N) is 1. The number of nitrogens with one attached hydrogen (secondary N) is 1. The van der Waals surface area contributed by atoms with E-state index in [0.717, 1.165) is 19.3 Å². The lowest BCUT2D eigenvalue weighted by molar-refractivity contribution is 0.0696. The molecule has 3 N–H and O–H groups in total. The summed E-state index contributed by atoms with van der Waals surface area (Å²) in [6.07, 6.45) is 4.23. The molecule has 0 aliphatic heterocycles. The Morgan fingerprint density at radius 3 is 2.78 bits per heavy atom. The number of anilines is 1. The Morgan fingerprint density at radius 2 is 2.28 bits per heavy atom. The number of hydrogen-bond acceptors (Lipinski definition) is 4. The van der Waals surface area contributed by atoms with Gasteiger partial charge in [-0.15, -0.1) is 0 Å². The summed E-state index contributed by atoms with van der Waals surface area (Å²) in [4.78, 5) is 14.7. The Bertz CT molecular complexity index is 461. The Morgan fingerprint density at radius 1 is 1.56 bits per heavy atom. The molecule has 2 rings (SSSR count). The average Bonchev–Trinajstić information content (AvgIpc) is 3.08. The van der Waals surface area contributed by atoms with Crippen LogP contribution in [0.4, 0.5) is 5.82 Å². The Kier molecular flexibility index (Phi) is 3.73. The molecule has 1 aromatic rings. The van der Waals surface area contributed by atoms with Crippen LogP contribution in [0.1, 0.15) is 29.6 Å². The van der Waals surface area contributed by atoms with Gasteiger partial charge in [-0.25, -0.2) is 9.78 Å².